The van der Waals surface area contributed by atoms with Gasteiger partial charge in [-0.25, -0.2) is 0 Å². The van der Waals surface area contributed by atoms with Crippen LogP contribution < -0.4 is 5.32 Å². The summed E-state index contributed by atoms with van der Waals surface area (Å²) in [4.78, 5) is 12.4. The monoisotopic (exact) mass is 704 g/mol. The number of rotatable bonds is 41. The van der Waals surface area contributed by atoms with Crippen molar-refractivity contribution in [1.82, 2.24) is 5.32 Å². The Bertz CT molecular complexity index is 720. The van der Waals surface area contributed by atoms with Gasteiger partial charge >= 0.3 is 0 Å². The zero-order valence-electron chi connectivity index (χ0n) is 33.9. The zero-order chi connectivity index (χ0) is 36.4. The molecule has 50 heavy (non-hydrogen) atoms. The fourth-order valence-corrected chi connectivity index (χ4v) is 7.00. The molecular formula is C46H89NO3. The fourth-order valence-electron chi connectivity index (χ4n) is 7.00. The van der Waals surface area contributed by atoms with E-state index in [-0.39, 0.29) is 12.5 Å². The normalized spacial score (nSPS) is 13.1. The van der Waals surface area contributed by atoms with Crippen molar-refractivity contribution in [3.05, 3.63) is 24.3 Å². The number of aliphatic hydroxyl groups excluding tert-OH is 2. The number of nitrogens with one attached hydrogen (secondary N) is 1. The highest BCUT2D eigenvalue weighted by Gasteiger charge is 2.20. The Labute approximate surface area is 313 Å². The summed E-state index contributed by atoms with van der Waals surface area (Å²) in [5.74, 6) is -0.0332. The molecule has 0 aromatic carbocycles. The first-order chi connectivity index (χ1) is 24.7. The number of allylic oxidation sites excluding steroid dienone is 4. The molecule has 2 atom stereocenters. The topological polar surface area (TPSA) is 69.6 Å². The fraction of sp³-hybridized carbons (Fsp3) is 0.891. The van der Waals surface area contributed by atoms with E-state index in [0.29, 0.717) is 12.8 Å². The molecule has 4 heteroatoms. The van der Waals surface area contributed by atoms with Crippen LogP contribution >= 0.6 is 0 Å². The smallest absolute Gasteiger partial charge is 0.220 e. The zero-order valence-corrected chi connectivity index (χ0v) is 33.9. The standard InChI is InChI=1S/C46H89NO3/c1-3-5-7-9-11-13-15-17-19-21-23-25-27-29-31-33-35-37-39-41-45(49)44(43-48)47-46(50)42-40-38-36-34-32-30-28-26-24-22-20-18-16-14-12-10-8-6-4-2/h12,14,16,18,44-45,48-49H,3-11,13,15,17,19-43H2,1-2H3,(H,47,50)/b14-12-,18-16-. The Kier molecular flexibility index (Phi) is 41.3. The summed E-state index contributed by atoms with van der Waals surface area (Å²) in [6.45, 7) is 4.34. The quantitative estimate of drug-likeness (QED) is 0.0438. The van der Waals surface area contributed by atoms with Gasteiger partial charge in [0.15, 0.2) is 0 Å². The second-order valence-electron chi connectivity index (χ2n) is 15.5. The second kappa shape index (κ2) is 42.3. The molecule has 1 amide bonds. The van der Waals surface area contributed by atoms with Crippen LogP contribution in [0.2, 0.25) is 0 Å². The number of hydrogen-bond acceptors (Lipinski definition) is 3. The van der Waals surface area contributed by atoms with Crippen LogP contribution in [-0.4, -0.2) is 34.9 Å². The molecule has 0 aliphatic heterocycles. The molecule has 0 bridgehead atoms. The van der Waals surface area contributed by atoms with Crippen LogP contribution in [0.4, 0.5) is 0 Å². The summed E-state index contributed by atoms with van der Waals surface area (Å²) < 4.78 is 0. The largest absolute Gasteiger partial charge is 0.394 e. The summed E-state index contributed by atoms with van der Waals surface area (Å²) in [5.41, 5.74) is 0. The van der Waals surface area contributed by atoms with E-state index in [2.05, 4.69) is 43.5 Å². The maximum atomic E-state index is 12.4. The third-order valence-corrected chi connectivity index (χ3v) is 10.5. The van der Waals surface area contributed by atoms with Gasteiger partial charge in [-0.05, 0) is 38.5 Å². The van der Waals surface area contributed by atoms with Crippen molar-refractivity contribution in [3.63, 3.8) is 0 Å². The van der Waals surface area contributed by atoms with E-state index in [1.807, 2.05) is 0 Å². The first-order valence-electron chi connectivity index (χ1n) is 22.6. The molecule has 0 spiro atoms. The molecule has 0 radical (unpaired) electrons. The Balaban J connectivity index is 3.50. The maximum absolute atomic E-state index is 12.4. The van der Waals surface area contributed by atoms with Gasteiger partial charge in [-0.15, -0.1) is 0 Å². The predicted molar refractivity (Wildman–Crippen MR) is 221 cm³/mol. The molecule has 0 aliphatic rings. The minimum absolute atomic E-state index is 0.0332. The lowest BCUT2D eigenvalue weighted by Crippen LogP contribution is -2.45. The first-order valence-corrected chi connectivity index (χ1v) is 22.6. The van der Waals surface area contributed by atoms with Crippen molar-refractivity contribution in [3.8, 4) is 0 Å². The summed E-state index contributed by atoms with van der Waals surface area (Å²) >= 11 is 0. The third kappa shape index (κ3) is 38.1. The Morgan fingerprint density at radius 1 is 0.480 bits per heavy atom. The number of carbonyl (C=O) groups excluding carboxylic acids is 1. The number of unbranched alkanes of at least 4 members (excludes halogenated alkanes) is 31. The van der Waals surface area contributed by atoms with Gasteiger partial charge in [0.25, 0.3) is 0 Å². The van der Waals surface area contributed by atoms with Gasteiger partial charge in [0.2, 0.25) is 5.91 Å². The molecule has 0 aromatic rings. The van der Waals surface area contributed by atoms with Gasteiger partial charge in [0.05, 0.1) is 18.8 Å². The molecule has 3 N–H and O–H groups in total. The summed E-state index contributed by atoms with van der Waals surface area (Å²) in [5, 5.41) is 23.2. The van der Waals surface area contributed by atoms with E-state index in [9.17, 15) is 15.0 Å². The molecule has 0 rings (SSSR count). The van der Waals surface area contributed by atoms with Crippen molar-refractivity contribution in [2.75, 3.05) is 6.61 Å². The average molecular weight is 704 g/mol. The van der Waals surface area contributed by atoms with Crippen molar-refractivity contribution in [1.29, 1.82) is 0 Å². The highest BCUT2D eigenvalue weighted by molar-refractivity contribution is 5.76. The van der Waals surface area contributed by atoms with Gasteiger partial charge in [-0.2, -0.15) is 0 Å². The third-order valence-electron chi connectivity index (χ3n) is 10.5. The minimum Gasteiger partial charge on any atom is -0.394 e. The van der Waals surface area contributed by atoms with Crippen LogP contribution in [-0.2, 0) is 4.79 Å². The lowest BCUT2D eigenvalue weighted by atomic mass is 10.0. The van der Waals surface area contributed by atoms with Crippen molar-refractivity contribution in [2.24, 2.45) is 0 Å². The van der Waals surface area contributed by atoms with Crippen molar-refractivity contribution in [2.45, 2.75) is 257 Å². The number of carbonyl (C=O) groups is 1. The van der Waals surface area contributed by atoms with Gasteiger partial charge in [0, 0.05) is 6.42 Å². The highest BCUT2D eigenvalue weighted by atomic mass is 16.3. The molecule has 0 aliphatic carbocycles. The number of amides is 1. The molecule has 0 heterocycles. The van der Waals surface area contributed by atoms with Crippen molar-refractivity contribution >= 4 is 5.91 Å². The molecule has 4 nitrogen and oxygen atoms in total. The number of hydrogen-bond donors (Lipinski definition) is 3. The summed E-state index contributed by atoms with van der Waals surface area (Å²) in [7, 11) is 0. The Morgan fingerprint density at radius 2 is 0.800 bits per heavy atom. The van der Waals surface area contributed by atoms with Gasteiger partial charge in [-0.3, -0.25) is 4.79 Å². The van der Waals surface area contributed by atoms with Gasteiger partial charge < -0.3 is 15.5 Å². The van der Waals surface area contributed by atoms with Crippen LogP contribution in [0.5, 0.6) is 0 Å². The summed E-state index contributed by atoms with van der Waals surface area (Å²) in [6, 6.07) is -0.536. The van der Waals surface area contributed by atoms with E-state index in [1.165, 1.54) is 193 Å². The van der Waals surface area contributed by atoms with Crippen LogP contribution in [0.25, 0.3) is 0 Å². The molecule has 0 saturated carbocycles. The average Bonchev–Trinajstić information content (AvgIpc) is 3.12. The van der Waals surface area contributed by atoms with Gasteiger partial charge in [0.1, 0.15) is 0 Å². The van der Waals surface area contributed by atoms with E-state index in [1.54, 1.807) is 0 Å². The molecule has 0 saturated heterocycles. The van der Waals surface area contributed by atoms with Crippen LogP contribution in [0, 0.1) is 0 Å². The Hall–Kier alpha value is -1.13. The first kappa shape index (κ1) is 48.9. The molecule has 296 valence electrons. The van der Waals surface area contributed by atoms with Crippen LogP contribution in [0.1, 0.15) is 245 Å². The predicted octanol–water partition coefficient (Wildman–Crippen LogP) is 14.0. The lowest BCUT2D eigenvalue weighted by molar-refractivity contribution is -0.123. The number of aliphatic hydroxyl groups is 2. The SMILES string of the molecule is CCCCC/C=C\C=C/CCCCCCCCCCCCC(=O)NC(CO)C(O)CCCCCCCCCCCCCCCCCCCCC. The molecule has 0 fully saturated rings. The van der Waals surface area contributed by atoms with E-state index < -0.39 is 12.1 Å². The van der Waals surface area contributed by atoms with Gasteiger partial charge in [-0.1, -0.05) is 224 Å². The molecule has 0 aromatic heterocycles. The molecule has 2 unspecified atom stereocenters. The lowest BCUT2D eigenvalue weighted by Gasteiger charge is -2.22. The van der Waals surface area contributed by atoms with E-state index in [4.69, 9.17) is 0 Å². The van der Waals surface area contributed by atoms with Crippen molar-refractivity contribution < 1.29 is 15.0 Å². The maximum Gasteiger partial charge on any atom is 0.220 e. The van der Waals surface area contributed by atoms with E-state index >= 15 is 0 Å². The summed E-state index contributed by atoms with van der Waals surface area (Å²) in [6.07, 6.45) is 53.9. The Morgan fingerprint density at radius 3 is 1.20 bits per heavy atom. The van der Waals surface area contributed by atoms with E-state index in [0.717, 1.165) is 25.7 Å². The highest BCUT2D eigenvalue weighted by Crippen LogP contribution is 2.16. The molecular weight excluding hydrogens is 615 g/mol. The van der Waals surface area contributed by atoms with Crippen LogP contribution in [0.15, 0.2) is 24.3 Å². The van der Waals surface area contributed by atoms with Crippen LogP contribution in [0.3, 0.4) is 0 Å². The second-order valence-corrected chi connectivity index (χ2v) is 15.5. The minimum atomic E-state index is -0.659.